The number of piperidine rings is 1. The van der Waals surface area contributed by atoms with Crippen molar-refractivity contribution in [1.82, 2.24) is 24.5 Å². The molecule has 3 heterocycles. The summed E-state index contributed by atoms with van der Waals surface area (Å²) in [6, 6.07) is 0.327. The van der Waals surface area contributed by atoms with E-state index in [2.05, 4.69) is 33.6 Å². The summed E-state index contributed by atoms with van der Waals surface area (Å²) in [4.78, 5) is 19.4. The lowest BCUT2D eigenvalue weighted by molar-refractivity contribution is -0.132. The summed E-state index contributed by atoms with van der Waals surface area (Å²) in [6.07, 6.45) is 3.30. The minimum atomic E-state index is 0.211. The Morgan fingerprint density at radius 3 is 2.61 bits per heavy atom. The molecule has 0 radical (unpaired) electrons. The predicted molar refractivity (Wildman–Crippen MR) is 110 cm³/mol. The Morgan fingerprint density at radius 1 is 1.21 bits per heavy atom. The predicted octanol–water partition coefficient (Wildman–Crippen LogP) is 1.57. The molecule has 7 heteroatoms. The molecule has 1 aromatic rings. The Kier molecular flexibility index (Phi) is 7.48. The molecular weight excluding hydrogens is 354 g/mol. The lowest BCUT2D eigenvalue weighted by Crippen LogP contribution is -2.50. The summed E-state index contributed by atoms with van der Waals surface area (Å²) < 4.78 is 7.39. The molecule has 1 unspecified atom stereocenters. The summed E-state index contributed by atoms with van der Waals surface area (Å²) in [5, 5.41) is 4.56. The zero-order chi connectivity index (χ0) is 20.1. The van der Waals surface area contributed by atoms with E-state index in [-0.39, 0.29) is 5.91 Å². The number of rotatable bonds is 7. The summed E-state index contributed by atoms with van der Waals surface area (Å²) in [5.74, 6) is 0.211. The van der Waals surface area contributed by atoms with E-state index in [0.29, 0.717) is 6.04 Å². The molecule has 0 N–H and O–H groups in total. The molecule has 1 amide bonds. The van der Waals surface area contributed by atoms with Crippen molar-refractivity contribution >= 4 is 5.91 Å². The number of hydrogen-bond acceptors (Lipinski definition) is 5. The van der Waals surface area contributed by atoms with E-state index in [1.807, 2.05) is 11.7 Å². The number of nitrogens with zero attached hydrogens (tertiary/aromatic N) is 5. The van der Waals surface area contributed by atoms with E-state index in [1.165, 1.54) is 11.3 Å². The standard InChI is InChI=1S/C21H37N5O2/c1-17-21(18(2)23(4)22-17)16-25-8-5-7-20(15-25)26(19(3)27)10-6-9-24-11-13-28-14-12-24/h20H,5-16H2,1-4H3. The third-order valence-corrected chi connectivity index (χ3v) is 6.34. The van der Waals surface area contributed by atoms with Gasteiger partial charge in [-0.1, -0.05) is 0 Å². The first-order valence-electron chi connectivity index (χ1n) is 10.7. The number of carbonyl (C=O) groups excluding carboxylic acids is 1. The van der Waals surface area contributed by atoms with Crippen molar-refractivity contribution in [2.75, 3.05) is 52.5 Å². The number of morpholine rings is 1. The average molecular weight is 392 g/mol. The molecule has 3 rings (SSSR count). The van der Waals surface area contributed by atoms with Gasteiger partial charge in [-0.05, 0) is 39.7 Å². The summed E-state index contributed by atoms with van der Waals surface area (Å²) in [5.41, 5.74) is 3.70. The second kappa shape index (κ2) is 9.85. The molecule has 2 aliphatic rings. The molecule has 0 aromatic carbocycles. The highest BCUT2D eigenvalue weighted by Crippen LogP contribution is 2.21. The minimum absolute atomic E-state index is 0.211. The van der Waals surface area contributed by atoms with Gasteiger partial charge < -0.3 is 9.64 Å². The molecule has 2 aliphatic heterocycles. The van der Waals surface area contributed by atoms with Crippen LogP contribution in [0.3, 0.4) is 0 Å². The van der Waals surface area contributed by atoms with E-state index in [9.17, 15) is 4.79 Å². The van der Waals surface area contributed by atoms with Crippen LogP contribution in [0.2, 0.25) is 0 Å². The maximum Gasteiger partial charge on any atom is 0.219 e. The van der Waals surface area contributed by atoms with Gasteiger partial charge in [-0.25, -0.2) is 0 Å². The van der Waals surface area contributed by atoms with Crippen LogP contribution in [0.5, 0.6) is 0 Å². The van der Waals surface area contributed by atoms with Crippen molar-refractivity contribution in [2.24, 2.45) is 7.05 Å². The third kappa shape index (κ3) is 5.33. The van der Waals surface area contributed by atoms with Gasteiger partial charge in [0, 0.05) is 70.5 Å². The molecule has 0 bridgehead atoms. The van der Waals surface area contributed by atoms with Crippen molar-refractivity contribution in [3.05, 3.63) is 17.0 Å². The Bertz CT molecular complexity index is 653. The van der Waals surface area contributed by atoms with Crippen molar-refractivity contribution < 1.29 is 9.53 Å². The van der Waals surface area contributed by atoms with Gasteiger partial charge in [0.2, 0.25) is 5.91 Å². The highest BCUT2D eigenvalue weighted by Gasteiger charge is 2.28. The van der Waals surface area contributed by atoms with Crippen LogP contribution in [-0.4, -0.2) is 88.9 Å². The molecule has 0 aliphatic carbocycles. The maximum absolute atomic E-state index is 12.4. The Hall–Kier alpha value is -1.44. The quantitative estimate of drug-likeness (QED) is 0.706. The van der Waals surface area contributed by atoms with Gasteiger partial charge >= 0.3 is 0 Å². The van der Waals surface area contributed by atoms with Crippen LogP contribution in [0.4, 0.5) is 0 Å². The lowest BCUT2D eigenvalue weighted by atomic mass is 10.0. The monoisotopic (exact) mass is 391 g/mol. The Labute approximate surface area is 169 Å². The largest absolute Gasteiger partial charge is 0.379 e. The zero-order valence-corrected chi connectivity index (χ0v) is 18.1. The second-order valence-electron chi connectivity index (χ2n) is 8.32. The van der Waals surface area contributed by atoms with Crippen molar-refractivity contribution in [1.29, 1.82) is 0 Å². The molecule has 7 nitrogen and oxygen atoms in total. The van der Waals surface area contributed by atoms with E-state index in [4.69, 9.17) is 4.74 Å². The van der Waals surface area contributed by atoms with E-state index in [0.717, 1.165) is 84.0 Å². The summed E-state index contributed by atoms with van der Waals surface area (Å²) in [6.45, 7) is 14.6. The van der Waals surface area contributed by atoms with Crippen LogP contribution in [0.15, 0.2) is 0 Å². The van der Waals surface area contributed by atoms with Gasteiger partial charge in [0.15, 0.2) is 0 Å². The molecule has 28 heavy (non-hydrogen) atoms. The number of aromatic nitrogens is 2. The molecule has 2 fully saturated rings. The number of ether oxygens (including phenoxy) is 1. The van der Waals surface area contributed by atoms with E-state index >= 15 is 0 Å². The van der Waals surface area contributed by atoms with Crippen LogP contribution < -0.4 is 0 Å². The molecule has 0 spiro atoms. The fourth-order valence-corrected chi connectivity index (χ4v) is 4.59. The number of hydrogen-bond donors (Lipinski definition) is 0. The number of aryl methyl sites for hydroxylation is 2. The van der Waals surface area contributed by atoms with E-state index < -0.39 is 0 Å². The summed E-state index contributed by atoms with van der Waals surface area (Å²) in [7, 11) is 2.01. The number of likely N-dealkylation sites (tertiary alicyclic amines) is 1. The molecule has 158 valence electrons. The maximum atomic E-state index is 12.4. The van der Waals surface area contributed by atoms with Crippen molar-refractivity contribution in [2.45, 2.75) is 52.6 Å². The van der Waals surface area contributed by atoms with Crippen molar-refractivity contribution in [3.63, 3.8) is 0 Å². The average Bonchev–Trinajstić information content (AvgIpc) is 2.92. The molecule has 2 saturated heterocycles. The highest BCUT2D eigenvalue weighted by atomic mass is 16.5. The SMILES string of the molecule is CC(=O)N(CCCN1CCOCC1)C1CCCN(Cc2c(C)nn(C)c2C)C1. The topological polar surface area (TPSA) is 53.8 Å². The van der Waals surface area contributed by atoms with Gasteiger partial charge in [0.25, 0.3) is 0 Å². The van der Waals surface area contributed by atoms with Gasteiger partial charge in [0.05, 0.1) is 18.9 Å². The van der Waals surface area contributed by atoms with Gasteiger partial charge in [-0.3, -0.25) is 19.3 Å². The Morgan fingerprint density at radius 2 is 1.96 bits per heavy atom. The molecule has 1 aromatic heterocycles. The first kappa shape index (κ1) is 21.3. The first-order chi connectivity index (χ1) is 13.5. The van der Waals surface area contributed by atoms with Crippen LogP contribution in [0.25, 0.3) is 0 Å². The van der Waals surface area contributed by atoms with Crippen LogP contribution in [-0.2, 0) is 23.1 Å². The number of carbonyl (C=O) groups is 1. The van der Waals surface area contributed by atoms with E-state index in [1.54, 1.807) is 6.92 Å². The third-order valence-electron chi connectivity index (χ3n) is 6.34. The molecular formula is C21H37N5O2. The van der Waals surface area contributed by atoms with Gasteiger partial charge in [-0.15, -0.1) is 0 Å². The number of amides is 1. The van der Waals surface area contributed by atoms with Gasteiger partial charge in [0.1, 0.15) is 0 Å². The first-order valence-corrected chi connectivity index (χ1v) is 10.7. The van der Waals surface area contributed by atoms with Crippen LogP contribution in [0, 0.1) is 13.8 Å². The van der Waals surface area contributed by atoms with Crippen molar-refractivity contribution in [3.8, 4) is 0 Å². The Balaban J connectivity index is 1.54. The van der Waals surface area contributed by atoms with Gasteiger partial charge in [-0.2, -0.15) is 5.10 Å². The fourth-order valence-electron chi connectivity index (χ4n) is 4.59. The van der Waals surface area contributed by atoms with Crippen LogP contribution >= 0.6 is 0 Å². The fraction of sp³-hybridized carbons (Fsp3) is 0.810. The van der Waals surface area contributed by atoms with Crippen LogP contribution in [0.1, 0.15) is 43.1 Å². The smallest absolute Gasteiger partial charge is 0.219 e. The highest BCUT2D eigenvalue weighted by molar-refractivity contribution is 5.73. The molecule has 0 saturated carbocycles. The minimum Gasteiger partial charge on any atom is -0.379 e. The summed E-state index contributed by atoms with van der Waals surface area (Å²) >= 11 is 0. The normalized spacial score (nSPS) is 21.8. The lowest BCUT2D eigenvalue weighted by Gasteiger charge is -2.39. The second-order valence-corrected chi connectivity index (χ2v) is 8.32. The molecule has 1 atom stereocenters. The zero-order valence-electron chi connectivity index (χ0n) is 18.1.